The average molecular weight is 556 g/mol. The maximum absolute atomic E-state index is 5.82. The normalized spacial score (nSPS) is 29.2. The van der Waals surface area contributed by atoms with Crippen LogP contribution in [0, 0.1) is 23.3 Å². The zero-order chi connectivity index (χ0) is 30.8. The van der Waals surface area contributed by atoms with Crippen LogP contribution in [-0.4, -0.2) is 73.3 Å². The molecule has 0 saturated carbocycles. The molecule has 0 spiro atoms. The van der Waals surface area contributed by atoms with E-state index in [1.54, 1.807) is 0 Å². The Hall–Kier alpha value is -0.940. The van der Waals surface area contributed by atoms with Gasteiger partial charge in [0, 0.05) is 0 Å². The first kappa shape index (κ1) is 33.6. The van der Waals surface area contributed by atoms with E-state index in [1.807, 2.05) is 111 Å². The fourth-order valence-corrected chi connectivity index (χ4v) is 3.88. The molecule has 4 fully saturated rings. The summed E-state index contributed by atoms with van der Waals surface area (Å²) in [6, 6.07) is 0. The molecule has 8 nitrogen and oxygen atoms in total. The molecular weight excluding hydrogens is 508 g/mol. The fourth-order valence-electron chi connectivity index (χ4n) is 3.88. The smallest absolute Gasteiger partial charge is 0.392 e. The van der Waals surface area contributed by atoms with Crippen molar-refractivity contribution in [2.24, 2.45) is 0 Å². The fraction of sp³-hybridized carbons (Fsp3) is 0.857. The van der Waals surface area contributed by atoms with Crippen LogP contribution in [0.3, 0.4) is 0 Å². The van der Waals surface area contributed by atoms with Gasteiger partial charge in [-0.25, -0.2) is 0 Å². The number of hydrogen-bond donors (Lipinski definition) is 0. The lowest BCUT2D eigenvalue weighted by Gasteiger charge is -2.32. The van der Waals surface area contributed by atoms with Crippen molar-refractivity contribution in [3.05, 3.63) is 0 Å². The van der Waals surface area contributed by atoms with Crippen molar-refractivity contribution in [2.75, 3.05) is 0 Å². The molecule has 0 amide bonds. The monoisotopic (exact) mass is 556 g/mol. The molecule has 0 aromatic carbocycles. The maximum Gasteiger partial charge on any atom is 0.550 e. The van der Waals surface area contributed by atoms with Gasteiger partial charge in [-0.15, -0.1) is 0 Å². The van der Waals surface area contributed by atoms with Gasteiger partial charge in [0.05, 0.1) is 44.8 Å². The van der Waals surface area contributed by atoms with E-state index in [1.165, 1.54) is 0 Å². The van der Waals surface area contributed by atoms with E-state index < -0.39 is 28.5 Å². The molecule has 0 atom stereocenters. The second-order valence-corrected chi connectivity index (χ2v) is 14.9. The molecule has 0 aromatic rings. The zero-order valence-corrected chi connectivity index (χ0v) is 27.6. The van der Waals surface area contributed by atoms with Crippen molar-refractivity contribution < 1.29 is 37.2 Å². The molecule has 0 aromatic heterocycles. The summed E-state index contributed by atoms with van der Waals surface area (Å²) in [6.45, 7) is 32.1. The predicted molar refractivity (Wildman–Crippen MR) is 160 cm³/mol. The number of hydrogen-bond acceptors (Lipinski definition) is 8. The molecule has 0 bridgehead atoms. The lowest BCUT2D eigenvalue weighted by Crippen LogP contribution is -2.41. The third-order valence-electron chi connectivity index (χ3n) is 9.65. The van der Waals surface area contributed by atoms with Gasteiger partial charge in [0.1, 0.15) is 0 Å². The van der Waals surface area contributed by atoms with E-state index in [9.17, 15) is 0 Å². The molecule has 4 aliphatic heterocycles. The molecule has 0 aliphatic carbocycles. The van der Waals surface area contributed by atoms with Gasteiger partial charge in [-0.3, -0.25) is 0 Å². The minimum Gasteiger partial charge on any atom is -0.392 e. The summed E-state index contributed by atoms with van der Waals surface area (Å²) in [5, 5.41) is 0. The molecule has 0 radical (unpaired) electrons. The Bertz CT molecular complexity index is 861. The average Bonchev–Trinajstić information content (AvgIpc) is 3.25. The van der Waals surface area contributed by atoms with Gasteiger partial charge >= 0.3 is 28.5 Å². The van der Waals surface area contributed by atoms with Crippen LogP contribution in [0.5, 0.6) is 0 Å². The second kappa shape index (κ2) is 10.4. The molecule has 0 N–H and O–H groups in total. The largest absolute Gasteiger partial charge is 0.550 e. The molecule has 40 heavy (non-hydrogen) atoms. The van der Waals surface area contributed by atoms with E-state index in [-0.39, 0.29) is 44.8 Å². The summed E-state index contributed by atoms with van der Waals surface area (Å²) >= 11 is 0. The molecule has 4 aliphatic rings. The van der Waals surface area contributed by atoms with Crippen LogP contribution in [0.4, 0.5) is 0 Å². The van der Waals surface area contributed by atoms with Gasteiger partial charge < -0.3 is 37.2 Å². The summed E-state index contributed by atoms with van der Waals surface area (Å²) in [7, 11) is -2.17. The molecule has 4 saturated heterocycles. The van der Waals surface area contributed by atoms with E-state index in [0.29, 0.717) is 0 Å². The molecular formula is C28H48B4O8. The Balaban J connectivity index is 0.000000220. The van der Waals surface area contributed by atoms with Crippen molar-refractivity contribution in [2.45, 2.75) is 156 Å². The van der Waals surface area contributed by atoms with Crippen molar-refractivity contribution in [3.63, 3.8) is 0 Å². The van der Waals surface area contributed by atoms with Crippen LogP contribution in [0.15, 0.2) is 0 Å². The second-order valence-electron chi connectivity index (χ2n) is 14.9. The van der Waals surface area contributed by atoms with Gasteiger partial charge in [0.2, 0.25) is 0 Å². The van der Waals surface area contributed by atoms with Crippen LogP contribution in [0.25, 0.3) is 0 Å². The van der Waals surface area contributed by atoms with Gasteiger partial charge in [-0.2, -0.15) is 0 Å². The third kappa shape index (κ3) is 6.66. The maximum atomic E-state index is 5.82. The highest BCUT2D eigenvalue weighted by Gasteiger charge is 2.54. The molecule has 4 rings (SSSR count). The molecule has 12 heteroatoms. The molecule has 4 heterocycles. The van der Waals surface area contributed by atoms with Gasteiger partial charge in [-0.05, 0) is 111 Å². The third-order valence-corrected chi connectivity index (χ3v) is 9.65. The van der Waals surface area contributed by atoms with Crippen LogP contribution >= 0.6 is 0 Å². The predicted octanol–water partition coefficient (Wildman–Crippen LogP) is 4.51. The van der Waals surface area contributed by atoms with Crippen molar-refractivity contribution >= 4 is 28.5 Å². The van der Waals surface area contributed by atoms with Gasteiger partial charge in [0.15, 0.2) is 0 Å². The highest BCUT2D eigenvalue weighted by atomic mass is 16.7. The highest BCUT2D eigenvalue weighted by Crippen LogP contribution is 2.39. The van der Waals surface area contributed by atoms with E-state index in [4.69, 9.17) is 37.2 Å². The highest BCUT2D eigenvalue weighted by molar-refractivity contribution is 6.62. The zero-order valence-electron chi connectivity index (χ0n) is 27.6. The summed E-state index contributed by atoms with van der Waals surface area (Å²) in [5.74, 6) is 11.9. The standard InChI is InChI=1S/2C14H24B2O4/c2*1-11(2)12(3,4)18-15(17-11)9-10-16-19-13(5,6)14(7,8)20-16/h2*1-8H3. The first-order valence-electron chi connectivity index (χ1n) is 14.2. The van der Waals surface area contributed by atoms with Crippen molar-refractivity contribution in [1.82, 2.24) is 0 Å². The minimum absolute atomic E-state index is 0.373. The Labute approximate surface area is 244 Å². The van der Waals surface area contributed by atoms with Crippen molar-refractivity contribution in [3.8, 4) is 23.3 Å². The Morgan fingerprint density at radius 1 is 0.250 bits per heavy atom. The quantitative estimate of drug-likeness (QED) is 0.319. The van der Waals surface area contributed by atoms with Crippen LogP contribution in [0.2, 0.25) is 0 Å². The lowest BCUT2D eigenvalue weighted by atomic mass is 9.84. The molecule has 220 valence electrons. The summed E-state index contributed by atoms with van der Waals surface area (Å²) in [6.07, 6.45) is 0. The van der Waals surface area contributed by atoms with E-state index in [0.717, 1.165) is 0 Å². The van der Waals surface area contributed by atoms with Crippen LogP contribution in [-0.2, 0) is 37.2 Å². The van der Waals surface area contributed by atoms with Crippen LogP contribution < -0.4 is 0 Å². The molecule has 0 unspecified atom stereocenters. The first-order chi connectivity index (χ1) is 17.7. The topological polar surface area (TPSA) is 73.8 Å². The summed E-state index contributed by atoms with van der Waals surface area (Å²) < 4.78 is 46.6. The van der Waals surface area contributed by atoms with Crippen molar-refractivity contribution in [1.29, 1.82) is 0 Å². The Morgan fingerprint density at radius 3 is 0.450 bits per heavy atom. The van der Waals surface area contributed by atoms with E-state index >= 15 is 0 Å². The number of rotatable bonds is 0. The van der Waals surface area contributed by atoms with Crippen LogP contribution in [0.1, 0.15) is 111 Å². The minimum atomic E-state index is -0.543. The first-order valence-corrected chi connectivity index (χ1v) is 14.2. The Morgan fingerprint density at radius 2 is 0.350 bits per heavy atom. The summed E-state index contributed by atoms with van der Waals surface area (Å²) in [5.41, 5.74) is -2.98. The van der Waals surface area contributed by atoms with E-state index in [2.05, 4.69) is 23.3 Å². The Kier molecular flexibility index (Phi) is 8.69. The van der Waals surface area contributed by atoms with Gasteiger partial charge in [0.25, 0.3) is 0 Å². The van der Waals surface area contributed by atoms with Gasteiger partial charge in [-0.1, -0.05) is 23.3 Å². The SMILES string of the molecule is CC1(C)OB(C#CB2OC(C)(C)C(C)(C)O2)OC1(C)C.CC1(C)OB(C#CB2OC(C)(C)C(C)(C)O2)OC1(C)C. The summed E-state index contributed by atoms with van der Waals surface area (Å²) in [4.78, 5) is 0. The lowest BCUT2D eigenvalue weighted by molar-refractivity contribution is 0.00578.